The van der Waals surface area contributed by atoms with Crippen molar-refractivity contribution in [2.75, 3.05) is 13.1 Å². The monoisotopic (exact) mass is 300 g/mol. The van der Waals surface area contributed by atoms with E-state index in [0.717, 1.165) is 31.7 Å². The summed E-state index contributed by atoms with van der Waals surface area (Å²) in [7, 11) is 0. The van der Waals surface area contributed by atoms with Crippen molar-refractivity contribution in [1.82, 2.24) is 19.9 Å². The average Bonchev–Trinajstić information content (AvgIpc) is 3.24. The van der Waals surface area contributed by atoms with Crippen LogP contribution in [0.4, 0.5) is 0 Å². The van der Waals surface area contributed by atoms with Crippen molar-refractivity contribution in [1.29, 1.82) is 0 Å². The lowest BCUT2D eigenvalue weighted by Crippen LogP contribution is -2.34. The first kappa shape index (κ1) is 14.6. The Morgan fingerprint density at radius 3 is 2.73 bits per heavy atom. The van der Waals surface area contributed by atoms with Crippen LogP contribution in [-0.2, 0) is 11.4 Å². The molecule has 1 unspecified atom stereocenters. The molecule has 0 bridgehead atoms. The topological polar surface area (TPSA) is 60.2 Å². The highest BCUT2D eigenvalue weighted by molar-refractivity contribution is 5.80. The molecule has 1 aliphatic rings. The van der Waals surface area contributed by atoms with Gasteiger partial charge >= 0.3 is 0 Å². The summed E-state index contributed by atoms with van der Waals surface area (Å²) in [6, 6.07) is 9.24. The number of nitrogens with zero attached hydrogens (tertiary/aromatic N) is 4. The molecular formula is C16H20N4O2. The molecule has 1 aromatic carbocycles. The standard InChI is InChI=1S/C16H20N4O2/c1-13(16(21)19-9-5-6-10-19)20-11-14(17-18-20)12-22-15-7-3-2-4-8-15/h2-4,7-8,11,13H,5-6,9-10,12H2,1H3. The van der Waals surface area contributed by atoms with Crippen LogP contribution in [0.2, 0.25) is 0 Å². The second-order valence-electron chi connectivity index (χ2n) is 5.50. The van der Waals surface area contributed by atoms with Crippen molar-refractivity contribution in [3.63, 3.8) is 0 Å². The van der Waals surface area contributed by atoms with Crippen molar-refractivity contribution >= 4 is 5.91 Å². The van der Waals surface area contributed by atoms with Crippen molar-refractivity contribution < 1.29 is 9.53 Å². The Morgan fingerprint density at radius 1 is 1.27 bits per heavy atom. The molecule has 1 aliphatic heterocycles. The second-order valence-corrected chi connectivity index (χ2v) is 5.50. The van der Waals surface area contributed by atoms with Crippen molar-refractivity contribution in [3.8, 4) is 5.75 Å². The lowest BCUT2D eigenvalue weighted by Gasteiger charge is -2.19. The van der Waals surface area contributed by atoms with Gasteiger partial charge in [-0.3, -0.25) is 4.79 Å². The van der Waals surface area contributed by atoms with E-state index < -0.39 is 0 Å². The van der Waals surface area contributed by atoms with Crippen molar-refractivity contribution in [2.24, 2.45) is 0 Å². The largest absolute Gasteiger partial charge is 0.487 e. The first-order chi connectivity index (χ1) is 10.7. The number of para-hydroxylation sites is 1. The summed E-state index contributed by atoms with van der Waals surface area (Å²) in [5.41, 5.74) is 0.713. The van der Waals surface area contributed by atoms with Gasteiger partial charge < -0.3 is 9.64 Å². The highest BCUT2D eigenvalue weighted by Crippen LogP contribution is 2.16. The zero-order chi connectivity index (χ0) is 15.4. The van der Waals surface area contributed by atoms with Gasteiger partial charge in [0.1, 0.15) is 24.1 Å². The Balaban J connectivity index is 1.59. The SMILES string of the molecule is CC(C(=O)N1CCCC1)n1cc(COc2ccccc2)nn1. The average molecular weight is 300 g/mol. The number of amides is 1. The van der Waals surface area contributed by atoms with Crippen LogP contribution < -0.4 is 4.74 Å². The lowest BCUT2D eigenvalue weighted by molar-refractivity contribution is -0.133. The molecule has 0 N–H and O–H groups in total. The summed E-state index contributed by atoms with van der Waals surface area (Å²) in [4.78, 5) is 14.2. The van der Waals surface area contributed by atoms with Crippen LogP contribution >= 0.6 is 0 Å². The van der Waals surface area contributed by atoms with Crippen LogP contribution in [0, 0.1) is 0 Å². The molecule has 1 saturated heterocycles. The highest BCUT2D eigenvalue weighted by Gasteiger charge is 2.25. The van der Waals surface area contributed by atoms with E-state index in [1.165, 1.54) is 0 Å². The van der Waals surface area contributed by atoms with E-state index in [9.17, 15) is 4.79 Å². The minimum absolute atomic E-state index is 0.109. The molecule has 0 aliphatic carbocycles. The van der Waals surface area contributed by atoms with E-state index in [-0.39, 0.29) is 11.9 Å². The molecule has 6 heteroatoms. The van der Waals surface area contributed by atoms with Crippen LogP contribution in [0.1, 0.15) is 31.5 Å². The number of hydrogen-bond acceptors (Lipinski definition) is 4. The molecule has 0 saturated carbocycles. The van der Waals surface area contributed by atoms with Gasteiger partial charge in [0.2, 0.25) is 5.91 Å². The molecule has 1 amide bonds. The number of benzene rings is 1. The molecule has 1 atom stereocenters. The summed E-state index contributed by atoms with van der Waals surface area (Å²) in [5, 5.41) is 8.14. The van der Waals surface area contributed by atoms with E-state index in [0.29, 0.717) is 12.3 Å². The van der Waals surface area contributed by atoms with Crippen LogP contribution in [0.3, 0.4) is 0 Å². The minimum atomic E-state index is -0.323. The fraction of sp³-hybridized carbons (Fsp3) is 0.438. The minimum Gasteiger partial charge on any atom is -0.487 e. The molecule has 2 aromatic rings. The summed E-state index contributed by atoms with van der Waals surface area (Å²) in [6.45, 7) is 3.90. The molecule has 116 valence electrons. The van der Waals surface area contributed by atoms with E-state index >= 15 is 0 Å². The molecule has 3 rings (SSSR count). The molecule has 0 spiro atoms. The summed E-state index contributed by atoms with van der Waals surface area (Å²) in [6.07, 6.45) is 3.96. The van der Waals surface area contributed by atoms with E-state index in [1.807, 2.05) is 42.2 Å². The van der Waals surface area contributed by atoms with Crippen LogP contribution in [-0.4, -0.2) is 38.9 Å². The summed E-state index contributed by atoms with van der Waals surface area (Å²) >= 11 is 0. The predicted octanol–water partition coefficient (Wildman–Crippen LogP) is 2.04. The van der Waals surface area contributed by atoms with Gasteiger partial charge in [-0.15, -0.1) is 5.10 Å². The van der Waals surface area contributed by atoms with E-state index in [4.69, 9.17) is 4.74 Å². The maximum absolute atomic E-state index is 12.3. The van der Waals surface area contributed by atoms with Crippen LogP contribution in [0.5, 0.6) is 5.75 Å². The molecule has 1 aromatic heterocycles. The number of carbonyl (C=O) groups is 1. The predicted molar refractivity (Wildman–Crippen MR) is 81.3 cm³/mol. The van der Waals surface area contributed by atoms with Gasteiger partial charge in [-0.1, -0.05) is 23.4 Å². The third-order valence-electron chi connectivity index (χ3n) is 3.86. The molecule has 22 heavy (non-hydrogen) atoms. The molecule has 2 heterocycles. The van der Waals surface area contributed by atoms with Crippen LogP contribution in [0.15, 0.2) is 36.5 Å². The smallest absolute Gasteiger partial charge is 0.247 e. The van der Waals surface area contributed by atoms with Gasteiger partial charge in [0.05, 0.1) is 6.20 Å². The van der Waals surface area contributed by atoms with E-state index in [2.05, 4.69) is 10.3 Å². The molecular weight excluding hydrogens is 280 g/mol. The van der Waals surface area contributed by atoms with Crippen LogP contribution in [0.25, 0.3) is 0 Å². The Morgan fingerprint density at radius 2 is 2.00 bits per heavy atom. The van der Waals surface area contributed by atoms with Gasteiger partial charge in [-0.2, -0.15) is 0 Å². The Bertz CT molecular complexity index is 620. The maximum atomic E-state index is 12.3. The fourth-order valence-electron chi connectivity index (χ4n) is 2.56. The number of carbonyl (C=O) groups excluding carboxylic acids is 1. The van der Waals surface area contributed by atoms with Crippen molar-refractivity contribution in [3.05, 3.63) is 42.2 Å². The summed E-state index contributed by atoms with van der Waals surface area (Å²) in [5.74, 6) is 0.899. The quantitative estimate of drug-likeness (QED) is 0.848. The van der Waals surface area contributed by atoms with Crippen molar-refractivity contribution in [2.45, 2.75) is 32.4 Å². The van der Waals surface area contributed by atoms with Gasteiger partial charge in [0, 0.05) is 13.1 Å². The zero-order valence-corrected chi connectivity index (χ0v) is 12.7. The molecule has 1 fully saturated rings. The normalized spacial score (nSPS) is 15.8. The Labute approximate surface area is 129 Å². The first-order valence-electron chi connectivity index (χ1n) is 7.61. The second kappa shape index (κ2) is 6.60. The van der Waals surface area contributed by atoms with Gasteiger partial charge in [0.15, 0.2) is 0 Å². The Kier molecular flexibility index (Phi) is 4.37. The number of hydrogen-bond donors (Lipinski definition) is 0. The third kappa shape index (κ3) is 3.27. The Hall–Kier alpha value is -2.37. The van der Waals surface area contributed by atoms with Gasteiger partial charge in [-0.25, -0.2) is 4.68 Å². The van der Waals surface area contributed by atoms with E-state index in [1.54, 1.807) is 10.9 Å². The number of aromatic nitrogens is 3. The van der Waals surface area contributed by atoms with Gasteiger partial charge in [0.25, 0.3) is 0 Å². The maximum Gasteiger partial charge on any atom is 0.247 e. The van der Waals surface area contributed by atoms with Gasteiger partial charge in [-0.05, 0) is 31.9 Å². The molecule has 6 nitrogen and oxygen atoms in total. The number of likely N-dealkylation sites (tertiary alicyclic amines) is 1. The highest BCUT2D eigenvalue weighted by atomic mass is 16.5. The third-order valence-corrected chi connectivity index (χ3v) is 3.86. The first-order valence-corrected chi connectivity index (χ1v) is 7.61. The molecule has 0 radical (unpaired) electrons. The summed E-state index contributed by atoms with van der Waals surface area (Å²) < 4.78 is 7.25. The fourth-order valence-corrected chi connectivity index (χ4v) is 2.56. The zero-order valence-electron chi connectivity index (χ0n) is 12.7. The lowest BCUT2D eigenvalue weighted by atomic mass is 10.3. The number of rotatable bonds is 5. The number of ether oxygens (including phenoxy) is 1.